The first-order valence-electron chi connectivity index (χ1n) is 5.22. The summed E-state index contributed by atoms with van der Waals surface area (Å²) in [6.45, 7) is 1.83. The Bertz CT molecular complexity index is 268. The molecule has 1 heterocycles. The van der Waals surface area contributed by atoms with Crippen LogP contribution >= 0.6 is 0 Å². The standard InChI is InChI=1S/C10H17NO5/c1-6-3-4-8(16-6)9(12)11-7(5-15-2)10(13)14/h6-8H,3-5H2,1-2H3,(H,11,12)(H,13,14). The largest absolute Gasteiger partial charge is 0.480 e. The van der Waals surface area contributed by atoms with Gasteiger partial charge >= 0.3 is 5.97 Å². The van der Waals surface area contributed by atoms with E-state index in [-0.39, 0.29) is 18.6 Å². The minimum Gasteiger partial charge on any atom is -0.480 e. The molecule has 1 aliphatic rings. The molecule has 2 N–H and O–H groups in total. The van der Waals surface area contributed by atoms with E-state index in [4.69, 9.17) is 14.6 Å². The van der Waals surface area contributed by atoms with Crippen molar-refractivity contribution < 1.29 is 24.2 Å². The second kappa shape index (κ2) is 5.81. The van der Waals surface area contributed by atoms with Crippen LogP contribution in [0.5, 0.6) is 0 Å². The third kappa shape index (κ3) is 3.46. The quantitative estimate of drug-likeness (QED) is 0.682. The van der Waals surface area contributed by atoms with E-state index in [2.05, 4.69) is 5.32 Å². The number of ether oxygens (including phenoxy) is 2. The molecule has 6 nitrogen and oxygen atoms in total. The summed E-state index contributed by atoms with van der Waals surface area (Å²) in [4.78, 5) is 22.4. The Hall–Kier alpha value is -1.14. The predicted molar refractivity (Wildman–Crippen MR) is 55.0 cm³/mol. The highest BCUT2D eigenvalue weighted by Crippen LogP contribution is 2.19. The summed E-state index contributed by atoms with van der Waals surface area (Å²) in [6.07, 6.45) is 0.974. The lowest BCUT2D eigenvalue weighted by Gasteiger charge is -2.16. The normalized spacial score (nSPS) is 26.4. The first-order chi connectivity index (χ1) is 7.54. The summed E-state index contributed by atoms with van der Waals surface area (Å²) in [5.74, 6) is -1.49. The van der Waals surface area contributed by atoms with Crippen LogP contribution in [-0.4, -0.2) is 48.9 Å². The molecule has 0 aromatic rings. The third-order valence-corrected chi connectivity index (χ3v) is 2.47. The number of carboxylic acids is 1. The molecule has 0 radical (unpaired) electrons. The molecule has 1 rings (SSSR count). The van der Waals surface area contributed by atoms with Gasteiger partial charge in [0.25, 0.3) is 0 Å². The van der Waals surface area contributed by atoms with Crippen molar-refractivity contribution in [3.05, 3.63) is 0 Å². The van der Waals surface area contributed by atoms with Crippen LogP contribution in [0, 0.1) is 0 Å². The zero-order valence-electron chi connectivity index (χ0n) is 9.43. The number of nitrogens with one attached hydrogen (secondary N) is 1. The number of hydrogen-bond donors (Lipinski definition) is 2. The summed E-state index contributed by atoms with van der Waals surface area (Å²) in [7, 11) is 1.39. The molecule has 0 aliphatic carbocycles. The van der Waals surface area contributed by atoms with Gasteiger partial charge in [0.1, 0.15) is 6.10 Å². The van der Waals surface area contributed by atoms with Crippen molar-refractivity contribution in [2.24, 2.45) is 0 Å². The zero-order chi connectivity index (χ0) is 12.1. The van der Waals surface area contributed by atoms with E-state index in [0.717, 1.165) is 6.42 Å². The summed E-state index contributed by atoms with van der Waals surface area (Å²) < 4.78 is 10.0. The van der Waals surface area contributed by atoms with Gasteiger partial charge in [-0.3, -0.25) is 4.79 Å². The molecule has 0 saturated carbocycles. The average Bonchev–Trinajstić information content (AvgIpc) is 2.64. The lowest BCUT2D eigenvalue weighted by molar-refractivity contribution is -0.145. The second-order valence-corrected chi connectivity index (χ2v) is 3.87. The van der Waals surface area contributed by atoms with Crippen LogP contribution in [0.1, 0.15) is 19.8 Å². The molecular formula is C10H17NO5. The molecule has 1 saturated heterocycles. The predicted octanol–water partition coefficient (Wildman–Crippen LogP) is -0.230. The van der Waals surface area contributed by atoms with Gasteiger partial charge in [-0.2, -0.15) is 0 Å². The van der Waals surface area contributed by atoms with Crippen LogP contribution < -0.4 is 5.32 Å². The molecule has 0 aromatic heterocycles. The van der Waals surface area contributed by atoms with Gasteiger partial charge in [-0.1, -0.05) is 0 Å². The third-order valence-electron chi connectivity index (χ3n) is 2.47. The fourth-order valence-corrected chi connectivity index (χ4v) is 1.60. The number of aliphatic carboxylic acids is 1. The number of amides is 1. The van der Waals surface area contributed by atoms with E-state index >= 15 is 0 Å². The number of carboxylic acid groups (broad SMARTS) is 1. The maximum absolute atomic E-state index is 11.6. The van der Waals surface area contributed by atoms with E-state index in [1.165, 1.54) is 7.11 Å². The van der Waals surface area contributed by atoms with E-state index in [1.54, 1.807) is 0 Å². The fourth-order valence-electron chi connectivity index (χ4n) is 1.60. The molecule has 1 amide bonds. The van der Waals surface area contributed by atoms with Gasteiger partial charge in [-0.05, 0) is 19.8 Å². The van der Waals surface area contributed by atoms with Gasteiger partial charge in [0.15, 0.2) is 6.04 Å². The van der Waals surface area contributed by atoms with Gasteiger partial charge in [0.05, 0.1) is 12.7 Å². The Balaban J connectivity index is 2.45. The molecule has 1 fully saturated rings. The van der Waals surface area contributed by atoms with E-state index in [0.29, 0.717) is 6.42 Å². The lowest BCUT2D eigenvalue weighted by Crippen LogP contribution is -2.47. The van der Waals surface area contributed by atoms with Crippen LogP contribution in [0.4, 0.5) is 0 Å². The van der Waals surface area contributed by atoms with Crippen molar-refractivity contribution in [3.8, 4) is 0 Å². The van der Waals surface area contributed by atoms with Crippen LogP contribution in [0.25, 0.3) is 0 Å². The maximum Gasteiger partial charge on any atom is 0.328 e. The monoisotopic (exact) mass is 231 g/mol. The van der Waals surface area contributed by atoms with Gasteiger partial charge in [-0.25, -0.2) is 4.79 Å². The van der Waals surface area contributed by atoms with Crippen molar-refractivity contribution in [1.29, 1.82) is 0 Å². The molecule has 3 atom stereocenters. The van der Waals surface area contributed by atoms with Crippen LogP contribution in [-0.2, 0) is 19.1 Å². The zero-order valence-corrected chi connectivity index (χ0v) is 9.43. The van der Waals surface area contributed by atoms with Crippen molar-refractivity contribution >= 4 is 11.9 Å². The van der Waals surface area contributed by atoms with Crippen LogP contribution in [0.2, 0.25) is 0 Å². The summed E-state index contributed by atoms with van der Waals surface area (Å²) >= 11 is 0. The Labute approximate surface area is 93.9 Å². The van der Waals surface area contributed by atoms with E-state index in [1.807, 2.05) is 6.92 Å². The highest BCUT2D eigenvalue weighted by molar-refractivity contribution is 5.86. The lowest BCUT2D eigenvalue weighted by atomic mass is 10.2. The smallest absolute Gasteiger partial charge is 0.328 e. The summed E-state index contributed by atoms with van der Waals surface area (Å²) in [5.41, 5.74) is 0. The molecule has 6 heteroatoms. The molecule has 16 heavy (non-hydrogen) atoms. The van der Waals surface area contributed by atoms with Gasteiger partial charge < -0.3 is 19.9 Å². The number of methoxy groups -OCH3 is 1. The fraction of sp³-hybridized carbons (Fsp3) is 0.800. The van der Waals surface area contributed by atoms with Crippen LogP contribution in [0.15, 0.2) is 0 Å². The Morgan fingerprint density at radius 2 is 2.25 bits per heavy atom. The molecule has 1 aliphatic heterocycles. The number of carbonyl (C=O) groups excluding carboxylic acids is 1. The van der Waals surface area contributed by atoms with Crippen molar-refractivity contribution in [3.63, 3.8) is 0 Å². The summed E-state index contributed by atoms with van der Waals surface area (Å²) in [5, 5.41) is 11.2. The molecular weight excluding hydrogens is 214 g/mol. The molecule has 0 spiro atoms. The first-order valence-corrected chi connectivity index (χ1v) is 5.22. The molecule has 92 valence electrons. The van der Waals surface area contributed by atoms with Crippen molar-refractivity contribution in [1.82, 2.24) is 5.32 Å². The Morgan fingerprint density at radius 1 is 1.56 bits per heavy atom. The summed E-state index contributed by atoms with van der Waals surface area (Å²) in [6, 6.07) is -1.02. The highest BCUT2D eigenvalue weighted by Gasteiger charge is 2.30. The Kier molecular flexibility index (Phi) is 4.70. The first kappa shape index (κ1) is 12.9. The Morgan fingerprint density at radius 3 is 2.69 bits per heavy atom. The minimum absolute atomic E-state index is 0.0522. The second-order valence-electron chi connectivity index (χ2n) is 3.87. The number of rotatable bonds is 5. The molecule has 3 unspecified atom stereocenters. The molecule has 0 bridgehead atoms. The van der Waals surface area contributed by atoms with Gasteiger partial charge in [-0.15, -0.1) is 0 Å². The van der Waals surface area contributed by atoms with E-state index in [9.17, 15) is 9.59 Å². The number of hydrogen-bond acceptors (Lipinski definition) is 4. The molecule has 0 aromatic carbocycles. The highest BCUT2D eigenvalue weighted by atomic mass is 16.5. The average molecular weight is 231 g/mol. The van der Waals surface area contributed by atoms with Crippen molar-refractivity contribution in [2.45, 2.75) is 38.0 Å². The number of carbonyl (C=O) groups is 2. The van der Waals surface area contributed by atoms with Crippen molar-refractivity contribution in [2.75, 3.05) is 13.7 Å². The minimum atomic E-state index is -1.11. The topological polar surface area (TPSA) is 84.9 Å². The van der Waals surface area contributed by atoms with E-state index < -0.39 is 18.1 Å². The van der Waals surface area contributed by atoms with Gasteiger partial charge in [0.2, 0.25) is 5.91 Å². The van der Waals surface area contributed by atoms with Gasteiger partial charge in [0, 0.05) is 7.11 Å². The van der Waals surface area contributed by atoms with Crippen LogP contribution in [0.3, 0.4) is 0 Å². The maximum atomic E-state index is 11.6. The SMILES string of the molecule is COCC(NC(=O)C1CCC(C)O1)C(=O)O.